The molecule has 0 bridgehead atoms. The van der Waals surface area contributed by atoms with Crippen LogP contribution in [0.5, 0.6) is 0 Å². The highest BCUT2D eigenvalue weighted by molar-refractivity contribution is 7.81. The van der Waals surface area contributed by atoms with Crippen molar-refractivity contribution in [3.8, 4) is 0 Å². The highest BCUT2D eigenvalue weighted by atomic mass is 32.3. The Kier molecular flexibility index (Phi) is 22.0. The molecule has 3 aliphatic rings. The van der Waals surface area contributed by atoms with Gasteiger partial charge in [-0.1, -0.05) is 7.43 Å². The number of ether oxygens (including phenoxy) is 1. The number of quaternary nitrogens is 1. The van der Waals surface area contributed by atoms with Crippen molar-refractivity contribution in [2.24, 2.45) is 0 Å². The summed E-state index contributed by atoms with van der Waals surface area (Å²) < 4.78 is 64.4. The molecule has 310 valence electrons. The molecule has 0 saturated carbocycles. The summed E-state index contributed by atoms with van der Waals surface area (Å²) in [4.78, 5) is 27.6. The van der Waals surface area contributed by atoms with Gasteiger partial charge in [-0.2, -0.15) is 8.42 Å². The average Bonchev–Trinajstić information content (AvgIpc) is 3.70. The number of hydrogen-bond acceptors (Lipinski definition) is 18. The number of nitrogens with zero attached hydrogens (tertiary/aromatic N) is 6. The van der Waals surface area contributed by atoms with Crippen molar-refractivity contribution in [2.75, 3.05) is 129 Å². The zero-order valence-electron chi connectivity index (χ0n) is 30.9. The van der Waals surface area contributed by atoms with Crippen LogP contribution in [0, 0.1) is 20.2 Å². The fourth-order valence-corrected chi connectivity index (χ4v) is 4.91. The van der Waals surface area contributed by atoms with Crippen LogP contribution in [0.15, 0.2) is 36.4 Å². The van der Waals surface area contributed by atoms with Crippen LogP contribution >= 0.6 is 0 Å². The first-order chi connectivity index (χ1) is 24.6. The molecule has 54 heavy (non-hydrogen) atoms. The van der Waals surface area contributed by atoms with Crippen molar-refractivity contribution in [2.45, 2.75) is 20.3 Å². The molecular formula is C31H56N8O13S2. The van der Waals surface area contributed by atoms with Crippen molar-refractivity contribution in [1.29, 1.82) is 0 Å². The van der Waals surface area contributed by atoms with Gasteiger partial charge in [0, 0.05) is 62.9 Å². The van der Waals surface area contributed by atoms with Crippen LogP contribution in [0.4, 0.5) is 34.1 Å². The second-order valence-electron chi connectivity index (χ2n) is 12.3. The first-order valence-electron chi connectivity index (χ1n) is 16.2. The number of nitrogen functional groups attached to an aromatic ring is 2. The summed E-state index contributed by atoms with van der Waals surface area (Å²) in [6, 6.07) is 9.48. The van der Waals surface area contributed by atoms with Crippen LogP contribution in [0.2, 0.25) is 0 Å². The van der Waals surface area contributed by atoms with E-state index in [0.29, 0.717) is 22.7 Å². The molecule has 0 spiro atoms. The Balaban J connectivity index is 0.000000715. The molecule has 0 aliphatic carbocycles. The smallest absolute Gasteiger partial charge is 0.399 e. The van der Waals surface area contributed by atoms with E-state index in [-0.39, 0.29) is 28.6 Å². The minimum atomic E-state index is -4.41. The van der Waals surface area contributed by atoms with Gasteiger partial charge >= 0.3 is 10.4 Å². The van der Waals surface area contributed by atoms with E-state index in [0.717, 1.165) is 91.4 Å². The van der Waals surface area contributed by atoms with Crippen molar-refractivity contribution in [3.63, 3.8) is 0 Å². The number of hydrogen-bond donors (Lipinski definition) is 2. The number of anilines is 4. The number of nitrogens with two attached hydrogens (primary N) is 2. The van der Waals surface area contributed by atoms with Crippen molar-refractivity contribution < 1.29 is 53.0 Å². The van der Waals surface area contributed by atoms with Gasteiger partial charge in [0.25, 0.3) is 11.4 Å². The van der Waals surface area contributed by atoms with E-state index >= 15 is 0 Å². The molecule has 3 fully saturated rings. The SMILES string of the molecule is C.C1CCOC1.CN1CCN(c2cc(N)ccc2[N+](=O)[O-])CC1.COS(=O)(=O)OC.COS(=O)(=O)[O-].C[N+]1(C)CCN(c2cc(N)ccc2[N+](=O)[O-])CC1. The first-order valence-corrected chi connectivity index (χ1v) is 18.9. The Morgan fingerprint density at radius 2 is 1.09 bits per heavy atom. The Labute approximate surface area is 318 Å². The summed E-state index contributed by atoms with van der Waals surface area (Å²) in [5, 5.41) is 22.0. The molecule has 2 aromatic carbocycles. The number of nitro groups is 2. The van der Waals surface area contributed by atoms with Crippen molar-refractivity contribution in [1.82, 2.24) is 4.90 Å². The van der Waals surface area contributed by atoms with E-state index in [1.807, 2.05) is 11.9 Å². The zero-order valence-corrected chi connectivity index (χ0v) is 32.5. The van der Waals surface area contributed by atoms with Crippen LogP contribution in [0.1, 0.15) is 20.3 Å². The summed E-state index contributed by atoms with van der Waals surface area (Å²) in [5.41, 5.74) is 14.1. The molecule has 0 amide bonds. The van der Waals surface area contributed by atoms with Gasteiger partial charge in [-0.3, -0.25) is 32.8 Å². The van der Waals surface area contributed by atoms with Gasteiger partial charge in [0.2, 0.25) is 10.4 Å². The van der Waals surface area contributed by atoms with Gasteiger partial charge in [-0.05, 0) is 44.2 Å². The summed E-state index contributed by atoms with van der Waals surface area (Å²) in [6.45, 7) is 8.99. The van der Waals surface area contributed by atoms with Crippen LogP contribution < -0.4 is 21.3 Å². The van der Waals surface area contributed by atoms with E-state index in [9.17, 15) is 41.6 Å². The largest absolute Gasteiger partial charge is 0.726 e. The Morgan fingerprint density at radius 1 is 0.722 bits per heavy atom. The third-order valence-electron chi connectivity index (χ3n) is 7.97. The van der Waals surface area contributed by atoms with E-state index in [4.69, 9.17) is 16.2 Å². The Morgan fingerprint density at radius 3 is 1.37 bits per heavy atom. The molecule has 3 heterocycles. The topological polar surface area (TPSA) is 276 Å². The molecule has 3 saturated heterocycles. The lowest BCUT2D eigenvalue weighted by molar-refractivity contribution is -0.890. The highest BCUT2D eigenvalue weighted by Gasteiger charge is 2.28. The maximum absolute atomic E-state index is 11.0. The predicted molar refractivity (Wildman–Crippen MR) is 205 cm³/mol. The minimum absolute atomic E-state index is 0. The molecule has 5 rings (SSSR count). The van der Waals surface area contributed by atoms with Crippen molar-refractivity contribution in [3.05, 3.63) is 56.6 Å². The van der Waals surface area contributed by atoms with Gasteiger partial charge < -0.3 is 39.9 Å². The molecule has 0 atom stereocenters. The molecule has 0 aromatic heterocycles. The Bertz CT molecular complexity index is 1640. The van der Waals surface area contributed by atoms with E-state index in [2.05, 4.69) is 36.4 Å². The maximum atomic E-state index is 11.0. The third kappa shape index (κ3) is 19.4. The summed E-state index contributed by atoms with van der Waals surface area (Å²) >= 11 is 0. The fraction of sp³-hybridized carbons (Fsp3) is 0.613. The number of benzene rings is 2. The summed E-state index contributed by atoms with van der Waals surface area (Å²) in [7, 11) is 1.18. The predicted octanol–water partition coefficient (Wildman–Crippen LogP) is 2.05. The number of rotatable bonds is 7. The van der Waals surface area contributed by atoms with Crippen LogP contribution in [-0.4, -0.2) is 149 Å². The molecule has 21 nitrogen and oxygen atoms in total. The summed E-state index contributed by atoms with van der Waals surface area (Å²) in [6.07, 6.45) is 2.56. The quantitative estimate of drug-likeness (QED) is 0.101. The van der Waals surface area contributed by atoms with Crippen LogP contribution in [-0.2, 0) is 38.1 Å². The molecule has 0 radical (unpaired) electrons. The fourth-order valence-electron chi connectivity index (χ4n) is 4.77. The lowest BCUT2D eigenvalue weighted by atomic mass is 10.2. The zero-order chi connectivity index (χ0) is 40.4. The van der Waals surface area contributed by atoms with Gasteiger partial charge in [-0.25, -0.2) is 8.42 Å². The van der Waals surface area contributed by atoms with Crippen LogP contribution in [0.25, 0.3) is 0 Å². The second kappa shape index (κ2) is 23.8. The lowest BCUT2D eigenvalue weighted by Gasteiger charge is -2.39. The van der Waals surface area contributed by atoms with Gasteiger partial charge in [-0.15, -0.1) is 0 Å². The van der Waals surface area contributed by atoms with Crippen molar-refractivity contribution >= 4 is 54.9 Å². The minimum Gasteiger partial charge on any atom is -0.726 e. The van der Waals surface area contributed by atoms with Gasteiger partial charge in [0.15, 0.2) is 0 Å². The van der Waals surface area contributed by atoms with E-state index in [1.54, 1.807) is 24.3 Å². The molecular weight excluding hydrogens is 757 g/mol. The molecule has 2 aromatic rings. The molecule has 23 heteroatoms. The number of piperazine rings is 2. The normalized spacial score (nSPS) is 16.6. The maximum Gasteiger partial charge on any atom is 0.399 e. The van der Waals surface area contributed by atoms with Crippen LogP contribution in [0.3, 0.4) is 0 Å². The first kappa shape index (κ1) is 50.1. The monoisotopic (exact) mass is 812 g/mol. The molecule has 0 unspecified atom stereocenters. The van der Waals surface area contributed by atoms with E-state index < -0.39 is 20.8 Å². The number of likely N-dealkylation sites (N-methyl/N-ethyl adjacent to an activating group) is 2. The standard InChI is InChI=1S/C12H19N4O2.C11H16N4O2.C4H8O.C2H6O4S.CH4O4S.CH4/c1-16(2)7-5-14(6-8-16)12-9-10(13)3-4-11(12)15(17)18;1-13-4-6-14(7-5-13)11-8-9(12)2-3-10(11)15(16)17;1-2-4-5-3-1;1-5-7(3,4)6-2;1-5-6(2,3)4;/h3-4,9H,5-8,13H2,1-2H3;2-3,8H,4-7,12H2,1H3;1-4H2;1-2H3;1H3,(H,2,3,4);1H4/q+1;;;;;/p-1. The van der Waals surface area contributed by atoms with E-state index in [1.165, 1.54) is 25.0 Å². The second-order valence-corrected chi connectivity index (χ2v) is 14.9. The highest BCUT2D eigenvalue weighted by Crippen LogP contribution is 2.32. The van der Waals surface area contributed by atoms with Gasteiger partial charge in [0.05, 0.1) is 71.5 Å². The summed E-state index contributed by atoms with van der Waals surface area (Å²) in [5.74, 6) is 0. The molecule has 4 N–H and O–H groups in total. The Hall–Kier alpha value is -3.94. The number of nitro benzene ring substituents is 2. The van der Waals surface area contributed by atoms with Gasteiger partial charge in [0.1, 0.15) is 11.4 Å². The molecule has 3 aliphatic heterocycles. The lowest BCUT2D eigenvalue weighted by Crippen LogP contribution is -2.55. The average molecular weight is 813 g/mol. The third-order valence-corrected chi connectivity index (χ3v) is 9.19.